The number of rotatable bonds is 14. The highest BCUT2D eigenvalue weighted by Gasteiger charge is 2.68. The Kier molecular flexibility index (Phi) is 11.8. The van der Waals surface area contributed by atoms with Crippen molar-refractivity contribution in [3.05, 3.63) is 90.3 Å². The number of likely N-dealkylation sites (tertiary alicyclic amines) is 1. The fourth-order valence-electron chi connectivity index (χ4n) is 7.33. The van der Waals surface area contributed by atoms with Gasteiger partial charge in [-0.2, -0.15) is 18.3 Å². The fraction of sp³-hybridized carbons (Fsp3) is 0.429. The van der Waals surface area contributed by atoms with Crippen LogP contribution in [0.1, 0.15) is 80.1 Å². The molecule has 4 heterocycles. The first-order valence-corrected chi connectivity index (χ1v) is 19.1. The van der Waals surface area contributed by atoms with Crippen molar-refractivity contribution >= 4 is 40.4 Å². The first-order chi connectivity index (χ1) is 27.7. The number of ether oxygens (including phenoxy) is 2. The number of nitrogens with zero attached hydrogens (tertiary/aromatic N) is 7. The average molecular weight is 817 g/mol. The van der Waals surface area contributed by atoms with E-state index in [1.165, 1.54) is 34.4 Å². The van der Waals surface area contributed by atoms with Crippen LogP contribution in [0.3, 0.4) is 0 Å². The highest BCUT2D eigenvalue weighted by molar-refractivity contribution is 6.07. The Balaban J connectivity index is 1.42. The molecule has 1 N–H and O–H groups in total. The van der Waals surface area contributed by atoms with Gasteiger partial charge in [-0.05, 0) is 75.9 Å². The Morgan fingerprint density at radius 3 is 2.37 bits per heavy atom. The summed E-state index contributed by atoms with van der Waals surface area (Å²) in [6, 6.07) is 3.92. The van der Waals surface area contributed by atoms with Crippen LogP contribution in [0.15, 0.2) is 62.0 Å². The minimum Gasteiger partial charge on any atom is -0.444 e. The first kappa shape index (κ1) is 42.6. The zero-order valence-electron chi connectivity index (χ0n) is 33.9. The molecule has 2 fully saturated rings. The Morgan fingerprint density at radius 1 is 1.03 bits per heavy atom. The lowest BCUT2D eigenvalue weighted by Gasteiger charge is -2.28. The minimum atomic E-state index is -4.75. The number of halogens is 3. The summed E-state index contributed by atoms with van der Waals surface area (Å²) in [6.45, 7) is 17.3. The lowest BCUT2D eigenvalue weighted by atomic mass is 9.99. The number of alkyl halides is 3. The third-order valence-electron chi connectivity index (χ3n) is 10.2. The average Bonchev–Trinajstić information content (AvgIpc) is 3.56. The molecule has 2 aliphatic rings. The van der Waals surface area contributed by atoms with E-state index in [1.807, 2.05) is 6.07 Å². The van der Waals surface area contributed by atoms with Crippen LogP contribution >= 0.6 is 0 Å². The highest BCUT2D eigenvalue weighted by atomic mass is 19.4. The molecule has 14 nitrogen and oxygen atoms in total. The molecular formula is C42H47F3N8O6. The maximum atomic E-state index is 14.6. The highest BCUT2D eigenvalue weighted by Crippen LogP contribution is 2.55. The second-order valence-corrected chi connectivity index (χ2v) is 15.8. The summed E-state index contributed by atoms with van der Waals surface area (Å²) in [4.78, 5) is 70.6. The number of nitrogens with one attached hydrogen (secondary N) is 1. The van der Waals surface area contributed by atoms with Crippen LogP contribution in [0.4, 0.5) is 23.8 Å². The number of Topliss-reactive ketones (excluding diaryl/α,β-unsaturated/α-hetero) is 1. The summed E-state index contributed by atoms with van der Waals surface area (Å²) in [5.74, 6) is -1.41. The van der Waals surface area contributed by atoms with Gasteiger partial charge in [-0.15, -0.1) is 13.2 Å². The fourth-order valence-corrected chi connectivity index (χ4v) is 7.33. The van der Waals surface area contributed by atoms with E-state index < -0.39 is 59.6 Å². The van der Waals surface area contributed by atoms with E-state index >= 15 is 0 Å². The minimum absolute atomic E-state index is 0.0176. The number of aromatic nitrogens is 5. The summed E-state index contributed by atoms with van der Waals surface area (Å²) in [5.41, 5.74) is -0.330. The molecule has 1 aromatic carbocycles. The molecule has 0 unspecified atom stereocenters. The van der Waals surface area contributed by atoms with Gasteiger partial charge in [0, 0.05) is 49.7 Å². The van der Waals surface area contributed by atoms with E-state index in [4.69, 9.17) is 9.47 Å². The van der Waals surface area contributed by atoms with Gasteiger partial charge in [0.25, 0.3) is 0 Å². The van der Waals surface area contributed by atoms with Crippen molar-refractivity contribution in [3.8, 4) is 11.1 Å². The van der Waals surface area contributed by atoms with E-state index in [2.05, 4.69) is 38.5 Å². The van der Waals surface area contributed by atoms with Crippen molar-refractivity contribution in [1.82, 2.24) is 34.5 Å². The van der Waals surface area contributed by atoms with E-state index in [0.29, 0.717) is 51.8 Å². The number of aryl methyl sites for hydroxylation is 2. The van der Waals surface area contributed by atoms with Gasteiger partial charge in [-0.1, -0.05) is 18.2 Å². The van der Waals surface area contributed by atoms with Crippen molar-refractivity contribution in [2.45, 2.75) is 103 Å². The molecule has 1 aliphatic heterocycles. The molecular weight excluding hydrogens is 770 g/mol. The van der Waals surface area contributed by atoms with E-state index in [9.17, 15) is 32.3 Å². The smallest absolute Gasteiger partial charge is 0.433 e. The summed E-state index contributed by atoms with van der Waals surface area (Å²) >= 11 is 0. The van der Waals surface area contributed by atoms with Crippen LogP contribution in [0.2, 0.25) is 0 Å². The molecule has 3 atom stereocenters. The SMILES string of the molecule is C=CCCN(Cc1cc(-c2cnc(C)nc2)cc2c(C(C)=O)nn(CC(=O)N3[C@H](C(=O)Nc4nc(C(F)(F)F)ccc4C)C[C@@]4(OCC=C)C[C@@H]34)c12)C(=O)OC(C)(C)C. The van der Waals surface area contributed by atoms with Crippen LogP contribution in [0, 0.1) is 13.8 Å². The van der Waals surface area contributed by atoms with Crippen molar-refractivity contribution < 1.29 is 41.8 Å². The number of ketones is 1. The van der Waals surface area contributed by atoms with Crippen molar-refractivity contribution in [1.29, 1.82) is 0 Å². The lowest BCUT2D eigenvalue weighted by Crippen LogP contribution is -2.47. The van der Waals surface area contributed by atoms with Gasteiger partial charge in [0.05, 0.1) is 30.3 Å². The molecule has 1 saturated carbocycles. The molecule has 0 radical (unpaired) electrons. The number of piperidine rings is 1. The monoisotopic (exact) mass is 816 g/mol. The van der Waals surface area contributed by atoms with Gasteiger partial charge in [0.15, 0.2) is 5.78 Å². The van der Waals surface area contributed by atoms with Crippen LogP contribution < -0.4 is 5.32 Å². The molecule has 3 amide bonds. The maximum Gasteiger partial charge on any atom is 0.433 e. The van der Waals surface area contributed by atoms with Crippen LogP contribution in [-0.2, 0) is 38.3 Å². The van der Waals surface area contributed by atoms with E-state index in [0.717, 1.165) is 6.07 Å². The summed E-state index contributed by atoms with van der Waals surface area (Å²) in [7, 11) is 0. The molecule has 4 aromatic rings. The van der Waals surface area contributed by atoms with Crippen LogP contribution in [-0.4, -0.2) is 94.7 Å². The Bertz CT molecular complexity index is 2320. The second-order valence-electron chi connectivity index (χ2n) is 15.8. The normalized spacial score (nSPS) is 18.6. The molecule has 0 bridgehead atoms. The zero-order chi connectivity index (χ0) is 43.0. The van der Waals surface area contributed by atoms with Crippen LogP contribution in [0.5, 0.6) is 0 Å². The van der Waals surface area contributed by atoms with E-state index in [1.54, 1.807) is 58.3 Å². The molecule has 312 valence electrons. The largest absolute Gasteiger partial charge is 0.444 e. The Labute approximate surface area is 339 Å². The predicted molar refractivity (Wildman–Crippen MR) is 212 cm³/mol. The second kappa shape index (κ2) is 16.4. The predicted octanol–water partition coefficient (Wildman–Crippen LogP) is 6.99. The maximum absolute atomic E-state index is 14.6. The number of pyridine rings is 1. The topological polar surface area (TPSA) is 162 Å². The molecule has 59 heavy (non-hydrogen) atoms. The zero-order valence-corrected chi connectivity index (χ0v) is 33.9. The van der Waals surface area contributed by atoms with Crippen molar-refractivity contribution in [3.63, 3.8) is 0 Å². The van der Waals surface area contributed by atoms with Gasteiger partial charge in [-0.3, -0.25) is 19.1 Å². The van der Waals surface area contributed by atoms with Gasteiger partial charge < -0.3 is 24.6 Å². The molecule has 6 rings (SSSR count). The third-order valence-corrected chi connectivity index (χ3v) is 10.2. The van der Waals surface area contributed by atoms with Gasteiger partial charge >= 0.3 is 12.3 Å². The number of amides is 3. The molecule has 1 aliphatic carbocycles. The molecule has 3 aromatic heterocycles. The molecule has 17 heteroatoms. The number of hydrogen-bond donors (Lipinski definition) is 1. The number of carbonyl (C=O) groups is 4. The number of carbonyl (C=O) groups excluding carboxylic acids is 4. The molecule has 1 saturated heterocycles. The number of anilines is 1. The van der Waals surface area contributed by atoms with Gasteiger partial charge in [0.1, 0.15) is 41.2 Å². The molecule has 0 spiro atoms. The Hall–Kier alpha value is -5.97. The third kappa shape index (κ3) is 9.19. The first-order valence-electron chi connectivity index (χ1n) is 19.1. The van der Waals surface area contributed by atoms with Crippen molar-refractivity contribution in [2.24, 2.45) is 0 Å². The van der Waals surface area contributed by atoms with Crippen molar-refractivity contribution in [2.75, 3.05) is 18.5 Å². The van der Waals surface area contributed by atoms with E-state index in [-0.39, 0.29) is 43.4 Å². The number of hydrogen-bond acceptors (Lipinski definition) is 10. The number of benzene rings is 1. The van der Waals surface area contributed by atoms with Gasteiger partial charge in [-0.25, -0.2) is 19.7 Å². The quantitative estimate of drug-likeness (QED) is 0.104. The van der Waals surface area contributed by atoms with Crippen LogP contribution in [0.25, 0.3) is 22.0 Å². The Morgan fingerprint density at radius 2 is 1.75 bits per heavy atom. The standard InChI is InChI=1S/C42H47F3N8O6/c1-9-11-14-51(39(57)59-40(6,7)8)22-28-16-27(29-20-46-26(5)47-21-29)17-30-35(25(4)54)50-52(36(28)30)23-34(55)53-31(18-41(19-33(41)53)58-15-10-2)38(56)49-37-24(3)12-13-32(48-37)42(43,44)45/h9-10,12-13,16-17,20-21,31,33H,1-2,11,14-15,18-19,22-23H2,3-8H3,(H,48,49,56)/t31-,33+,41+/m0/s1. The lowest BCUT2D eigenvalue weighted by molar-refractivity contribution is -0.141. The van der Waals surface area contributed by atoms with Gasteiger partial charge in [0.2, 0.25) is 11.8 Å². The summed E-state index contributed by atoms with van der Waals surface area (Å²) in [6.07, 6.45) is 2.09. The summed E-state index contributed by atoms with van der Waals surface area (Å²) < 4.78 is 53.9. The number of fused-ring (bicyclic) bond motifs is 2. The summed E-state index contributed by atoms with van der Waals surface area (Å²) in [5, 5.41) is 7.58.